The van der Waals surface area contributed by atoms with Crippen LogP contribution in [0.25, 0.3) is 0 Å². The van der Waals surface area contributed by atoms with Crippen LogP contribution in [0.4, 0.5) is 8.78 Å². The quantitative estimate of drug-likeness (QED) is 0.738. The van der Waals surface area contributed by atoms with Crippen molar-refractivity contribution >= 4 is 11.8 Å². The van der Waals surface area contributed by atoms with E-state index in [1.54, 1.807) is 11.8 Å². The van der Waals surface area contributed by atoms with Gasteiger partial charge in [-0.05, 0) is 31.4 Å². The van der Waals surface area contributed by atoms with Gasteiger partial charge in [0.05, 0.1) is 6.54 Å². The fraction of sp³-hybridized carbons (Fsp3) is 1.00. The molecule has 1 saturated carbocycles. The fourth-order valence-electron chi connectivity index (χ4n) is 4.33. The lowest BCUT2D eigenvalue weighted by atomic mass is 9.90. The van der Waals surface area contributed by atoms with Crippen LogP contribution in [0.2, 0.25) is 0 Å². The molecule has 0 radical (unpaired) electrons. The molecular weight excluding hydrogens is 228 g/mol. The molecule has 2 saturated heterocycles. The first-order valence-corrected chi connectivity index (χ1v) is 7.59. The van der Waals surface area contributed by atoms with Gasteiger partial charge < -0.3 is 0 Å². The Morgan fingerprint density at radius 2 is 2.19 bits per heavy atom. The Kier molecular flexibility index (Phi) is 2.52. The van der Waals surface area contributed by atoms with Crippen LogP contribution < -0.4 is 0 Å². The summed E-state index contributed by atoms with van der Waals surface area (Å²) >= 11 is 1.73. The Bertz CT molecular complexity index is 297. The number of alkyl halides is 2. The molecule has 92 valence electrons. The average molecular weight is 247 g/mol. The predicted molar refractivity (Wildman–Crippen MR) is 63.1 cm³/mol. The lowest BCUT2D eigenvalue weighted by Gasteiger charge is -2.33. The van der Waals surface area contributed by atoms with Crippen LogP contribution in [0.3, 0.4) is 0 Å². The van der Waals surface area contributed by atoms with E-state index in [4.69, 9.17) is 0 Å². The maximum absolute atomic E-state index is 13.6. The number of halogens is 2. The van der Waals surface area contributed by atoms with Crippen LogP contribution in [-0.2, 0) is 0 Å². The van der Waals surface area contributed by atoms with Crippen molar-refractivity contribution in [1.82, 2.24) is 4.90 Å². The minimum atomic E-state index is -2.44. The zero-order valence-electron chi connectivity index (χ0n) is 9.72. The number of nitrogens with zero attached hydrogens (tertiary/aromatic N) is 1. The summed E-state index contributed by atoms with van der Waals surface area (Å²) < 4.78 is 27.3. The molecule has 1 nitrogen and oxygen atoms in total. The van der Waals surface area contributed by atoms with Gasteiger partial charge in [0, 0.05) is 23.8 Å². The van der Waals surface area contributed by atoms with E-state index >= 15 is 0 Å². The molecule has 3 atom stereocenters. The molecule has 2 aliphatic heterocycles. The summed E-state index contributed by atoms with van der Waals surface area (Å²) in [6.45, 7) is 0.0225. The first kappa shape index (κ1) is 11.3. The molecule has 3 unspecified atom stereocenters. The highest BCUT2D eigenvalue weighted by molar-refractivity contribution is 7.98. The van der Waals surface area contributed by atoms with Crippen LogP contribution in [0.5, 0.6) is 0 Å². The van der Waals surface area contributed by atoms with Gasteiger partial charge in [0.1, 0.15) is 0 Å². The van der Waals surface area contributed by atoms with E-state index in [9.17, 15) is 8.78 Å². The van der Waals surface area contributed by atoms with Crippen LogP contribution >= 0.6 is 11.8 Å². The summed E-state index contributed by atoms with van der Waals surface area (Å²) in [6.07, 6.45) is 6.83. The van der Waals surface area contributed by atoms with Gasteiger partial charge in [0.2, 0.25) is 0 Å². The topological polar surface area (TPSA) is 3.24 Å². The predicted octanol–water partition coefficient (Wildman–Crippen LogP) is 3.00. The zero-order chi connectivity index (χ0) is 11.4. The summed E-state index contributed by atoms with van der Waals surface area (Å²) in [5.41, 5.74) is -0.168. The summed E-state index contributed by atoms with van der Waals surface area (Å²) in [5, 5.41) is 0. The Hall–Kier alpha value is 0.170. The highest BCUT2D eigenvalue weighted by Crippen LogP contribution is 2.55. The van der Waals surface area contributed by atoms with E-state index in [-0.39, 0.29) is 18.5 Å². The lowest BCUT2D eigenvalue weighted by Crippen LogP contribution is -2.44. The first-order chi connectivity index (χ1) is 7.56. The molecule has 3 aliphatic rings. The van der Waals surface area contributed by atoms with Crippen molar-refractivity contribution in [1.29, 1.82) is 0 Å². The van der Waals surface area contributed by atoms with E-state index in [1.165, 1.54) is 12.8 Å². The van der Waals surface area contributed by atoms with Crippen molar-refractivity contribution in [3.63, 3.8) is 0 Å². The molecule has 0 bridgehead atoms. The van der Waals surface area contributed by atoms with Gasteiger partial charge in [0.15, 0.2) is 0 Å². The highest BCUT2D eigenvalue weighted by Gasteiger charge is 2.62. The van der Waals surface area contributed by atoms with Crippen molar-refractivity contribution in [3.8, 4) is 0 Å². The van der Waals surface area contributed by atoms with Gasteiger partial charge in [-0.1, -0.05) is 6.42 Å². The van der Waals surface area contributed by atoms with E-state index in [0.29, 0.717) is 12.0 Å². The molecular formula is C12H19F2NS. The molecule has 3 fully saturated rings. The minimum Gasteiger partial charge on any atom is -0.287 e. The van der Waals surface area contributed by atoms with Crippen molar-refractivity contribution in [2.45, 2.75) is 49.6 Å². The van der Waals surface area contributed by atoms with Gasteiger partial charge in [-0.2, -0.15) is 11.8 Å². The smallest absolute Gasteiger partial charge is 0.262 e. The van der Waals surface area contributed by atoms with E-state index in [1.807, 2.05) is 6.26 Å². The van der Waals surface area contributed by atoms with Gasteiger partial charge in [-0.3, -0.25) is 4.90 Å². The van der Waals surface area contributed by atoms with Crippen molar-refractivity contribution < 1.29 is 8.78 Å². The van der Waals surface area contributed by atoms with E-state index < -0.39 is 5.92 Å². The number of thioether (sulfide) groups is 1. The maximum Gasteiger partial charge on any atom is 0.262 e. The third-order valence-electron chi connectivity index (χ3n) is 4.67. The van der Waals surface area contributed by atoms with Crippen molar-refractivity contribution in [2.24, 2.45) is 5.92 Å². The van der Waals surface area contributed by atoms with Crippen LogP contribution in [0.1, 0.15) is 32.1 Å². The molecule has 0 aromatic heterocycles. The van der Waals surface area contributed by atoms with Crippen molar-refractivity contribution in [2.75, 3.05) is 18.6 Å². The molecule has 16 heavy (non-hydrogen) atoms. The molecule has 2 heterocycles. The van der Waals surface area contributed by atoms with Gasteiger partial charge in [0.25, 0.3) is 5.92 Å². The van der Waals surface area contributed by atoms with E-state index in [0.717, 1.165) is 18.6 Å². The second-order valence-electron chi connectivity index (χ2n) is 5.78. The number of fused-ring (bicyclic) bond motifs is 3. The second kappa shape index (κ2) is 3.58. The Morgan fingerprint density at radius 1 is 1.38 bits per heavy atom. The molecule has 0 spiro atoms. The van der Waals surface area contributed by atoms with E-state index in [2.05, 4.69) is 4.90 Å². The summed E-state index contributed by atoms with van der Waals surface area (Å²) in [4.78, 5) is 2.18. The Labute approximate surface area is 100.0 Å². The highest BCUT2D eigenvalue weighted by atomic mass is 32.2. The van der Waals surface area contributed by atoms with Crippen molar-refractivity contribution in [3.05, 3.63) is 0 Å². The molecule has 4 heteroatoms. The lowest BCUT2D eigenvalue weighted by molar-refractivity contribution is 0.00488. The molecule has 3 rings (SSSR count). The molecule has 0 aromatic rings. The zero-order valence-corrected chi connectivity index (χ0v) is 10.5. The number of hydrogen-bond acceptors (Lipinski definition) is 2. The largest absolute Gasteiger partial charge is 0.287 e. The summed E-state index contributed by atoms with van der Waals surface area (Å²) in [6, 6.07) is 0.473. The van der Waals surface area contributed by atoms with Crippen LogP contribution in [0.15, 0.2) is 0 Å². The molecule has 0 N–H and O–H groups in total. The third-order valence-corrected chi connectivity index (χ3v) is 5.50. The first-order valence-electron chi connectivity index (χ1n) is 6.20. The third kappa shape index (κ3) is 1.52. The van der Waals surface area contributed by atoms with Gasteiger partial charge in [-0.15, -0.1) is 0 Å². The van der Waals surface area contributed by atoms with Crippen LogP contribution in [0, 0.1) is 5.92 Å². The maximum atomic E-state index is 13.6. The number of hydrogen-bond donors (Lipinski definition) is 0. The minimum absolute atomic E-state index is 0.0225. The fourth-order valence-corrected chi connectivity index (χ4v) is 5.25. The Morgan fingerprint density at radius 3 is 2.94 bits per heavy atom. The van der Waals surface area contributed by atoms with Crippen LogP contribution in [-0.4, -0.2) is 41.0 Å². The van der Waals surface area contributed by atoms with Gasteiger partial charge in [-0.25, -0.2) is 8.78 Å². The summed E-state index contributed by atoms with van der Waals surface area (Å²) in [5.74, 6) is -0.845. The average Bonchev–Trinajstić information content (AvgIpc) is 2.74. The monoisotopic (exact) mass is 247 g/mol. The summed E-state index contributed by atoms with van der Waals surface area (Å²) in [7, 11) is 0. The molecule has 1 aliphatic carbocycles. The molecule has 0 amide bonds. The molecule has 0 aromatic carbocycles. The number of rotatable bonds is 2. The Balaban J connectivity index is 1.88. The van der Waals surface area contributed by atoms with Gasteiger partial charge >= 0.3 is 0 Å². The second-order valence-corrected chi connectivity index (χ2v) is 6.65. The normalized spacial score (nSPS) is 45.9. The standard InChI is InChI=1S/C12H19F2NS/c1-16-8-11-5-9-3-2-4-10(9)15(11)7-12(13,14)6-11/h9-10H,2-8H2,1H3. The SMILES string of the molecule is CSCC12CC3CCCC3N1CC(F)(F)C2.